The minimum Gasteiger partial charge on any atom is -0.469 e. The van der Waals surface area contributed by atoms with Crippen molar-refractivity contribution < 1.29 is 14.3 Å². The van der Waals surface area contributed by atoms with Gasteiger partial charge >= 0.3 is 5.97 Å². The number of thioether (sulfide) groups is 1. The molecule has 1 N–H and O–H groups in total. The molecule has 3 unspecified atom stereocenters. The number of thiocarbonyl (C=S) groups is 1. The van der Waals surface area contributed by atoms with E-state index >= 15 is 0 Å². The van der Waals surface area contributed by atoms with E-state index in [9.17, 15) is 9.59 Å². The van der Waals surface area contributed by atoms with Gasteiger partial charge in [-0.25, -0.2) is 0 Å². The molecule has 140 valence electrons. The normalized spacial score (nSPS) is 25.5. The minimum atomic E-state index is -0.194. The highest BCUT2D eigenvalue weighted by atomic mass is 32.2. The predicted octanol–water partition coefficient (Wildman–Crippen LogP) is 2.76. The smallest absolute Gasteiger partial charge is 0.308 e. The Bertz CT molecular complexity index is 693. The third-order valence-electron chi connectivity index (χ3n) is 5.13. The lowest BCUT2D eigenvalue weighted by atomic mass is 9.76. The quantitative estimate of drug-likeness (QED) is 0.472. The fraction of sp³-hybridized carbons (Fsp3) is 0.526. The topological polar surface area (TPSA) is 58.6 Å². The molecule has 5 nitrogen and oxygen atoms in total. The molecule has 0 spiro atoms. The number of carbonyl (C=O) groups excluding carboxylic acids is 2. The van der Waals surface area contributed by atoms with Gasteiger partial charge in [-0.3, -0.25) is 14.5 Å². The van der Waals surface area contributed by atoms with Gasteiger partial charge < -0.3 is 10.1 Å². The van der Waals surface area contributed by atoms with Crippen molar-refractivity contribution in [2.24, 2.45) is 11.8 Å². The molecule has 3 rings (SSSR count). The van der Waals surface area contributed by atoms with Crippen LogP contribution >= 0.6 is 24.0 Å². The van der Waals surface area contributed by atoms with Gasteiger partial charge in [0.05, 0.1) is 18.9 Å². The van der Waals surface area contributed by atoms with Crippen molar-refractivity contribution in [3.63, 3.8) is 0 Å². The lowest BCUT2D eigenvalue weighted by Crippen LogP contribution is -2.62. The molecule has 1 saturated heterocycles. The molecule has 0 aromatic heterocycles. The van der Waals surface area contributed by atoms with Crippen LogP contribution in [-0.4, -0.2) is 47.3 Å². The summed E-state index contributed by atoms with van der Waals surface area (Å²) in [4.78, 5) is 27.5. The lowest BCUT2D eigenvalue weighted by Gasteiger charge is -2.43. The highest BCUT2D eigenvalue weighted by Crippen LogP contribution is 2.33. The van der Waals surface area contributed by atoms with E-state index < -0.39 is 0 Å². The molecule has 1 aliphatic carbocycles. The molecule has 1 aliphatic heterocycles. The van der Waals surface area contributed by atoms with Crippen LogP contribution in [0, 0.1) is 18.8 Å². The standard InChI is InChI=1S/C19H24N2O3S2/c1-12-3-6-14(7-4-12)26-10-9-21-17(22)15-8-5-13(18(23)24-2)11-16(15)20-19(21)25/h3-4,6-7,13,15-16H,5,8-11H2,1-2H3,(H,20,25). The Morgan fingerprint density at radius 1 is 1.35 bits per heavy atom. The SMILES string of the molecule is COC(=O)C1CCC2C(=O)N(CCSc3ccc(C)cc3)C(=S)NC2C1. The molecule has 1 aromatic rings. The minimum absolute atomic E-state index is 0.0612. The van der Waals surface area contributed by atoms with Crippen LogP contribution in [0.3, 0.4) is 0 Å². The largest absolute Gasteiger partial charge is 0.469 e. The fourth-order valence-corrected chi connectivity index (χ4v) is 4.81. The molecule has 0 radical (unpaired) electrons. The number of aryl methyl sites for hydroxylation is 1. The molecule has 0 bridgehead atoms. The highest BCUT2D eigenvalue weighted by molar-refractivity contribution is 7.99. The average Bonchev–Trinajstić information content (AvgIpc) is 2.64. The number of carbonyl (C=O) groups is 2. The van der Waals surface area contributed by atoms with Crippen LogP contribution < -0.4 is 5.32 Å². The summed E-state index contributed by atoms with van der Waals surface area (Å²) in [6, 6.07) is 8.31. The maximum absolute atomic E-state index is 12.9. The number of benzene rings is 1. The van der Waals surface area contributed by atoms with E-state index in [0.717, 1.165) is 5.75 Å². The maximum atomic E-state index is 12.9. The number of nitrogens with one attached hydrogen (secondary N) is 1. The van der Waals surface area contributed by atoms with Crippen LogP contribution in [0.2, 0.25) is 0 Å². The molecular weight excluding hydrogens is 368 g/mol. The first-order valence-electron chi connectivity index (χ1n) is 8.88. The lowest BCUT2D eigenvalue weighted by molar-refractivity contribution is -0.149. The van der Waals surface area contributed by atoms with Crippen molar-refractivity contribution in [2.75, 3.05) is 19.4 Å². The zero-order valence-electron chi connectivity index (χ0n) is 15.1. The van der Waals surface area contributed by atoms with Crippen molar-refractivity contribution in [2.45, 2.75) is 37.1 Å². The maximum Gasteiger partial charge on any atom is 0.308 e. The number of nitrogens with zero attached hydrogens (tertiary/aromatic N) is 1. The van der Waals surface area contributed by atoms with E-state index in [4.69, 9.17) is 17.0 Å². The molecule has 1 amide bonds. The highest BCUT2D eigenvalue weighted by Gasteiger charge is 2.44. The molecule has 1 saturated carbocycles. The summed E-state index contributed by atoms with van der Waals surface area (Å²) in [6.45, 7) is 2.66. The van der Waals surface area contributed by atoms with Gasteiger partial charge in [0, 0.05) is 23.2 Å². The number of methoxy groups -OCH3 is 1. The first kappa shape index (κ1) is 19.2. The zero-order valence-corrected chi connectivity index (χ0v) is 16.7. The number of amides is 1. The monoisotopic (exact) mass is 392 g/mol. The summed E-state index contributed by atoms with van der Waals surface area (Å²) in [7, 11) is 1.41. The van der Waals surface area contributed by atoms with Gasteiger partial charge in [0.25, 0.3) is 0 Å². The number of ether oxygens (including phenoxy) is 1. The van der Waals surface area contributed by atoms with Crippen LogP contribution in [0.15, 0.2) is 29.2 Å². The van der Waals surface area contributed by atoms with Gasteiger partial charge in [-0.2, -0.15) is 0 Å². The summed E-state index contributed by atoms with van der Waals surface area (Å²) in [5, 5.41) is 3.76. The molecule has 1 aromatic carbocycles. The van der Waals surface area contributed by atoms with Crippen molar-refractivity contribution in [1.82, 2.24) is 10.2 Å². The second-order valence-electron chi connectivity index (χ2n) is 6.85. The molecule has 2 fully saturated rings. The van der Waals surface area contributed by atoms with E-state index in [1.165, 1.54) is 17.6 Å². The van der Waals surface area contributed by atoms with Crippen LogP contribution in [0.1, 0.15) is 24.8 Å². The first-order valence-corrected chi connectivity index (χ1v) is 10.3. The third-order valence-corrected chi connectivity index (χ3v) is 6.46. The Balaban J connectivity index is 1.56. The molecule has 2 aliphatic rings. The van der Waals surface area contributed by atoms with Crippen molar-refractivity contribution in [1.29, 1.82) is 0 Å². The van der Waals surface area contributed by atoms with Gasteiger partial charge in [-0.05, 0) is 50.5 Å². The molecule has 1 heterocycles. The summed E-state index contributed by atoms with van der Waals surface area (Å²) < 4.78 is 4.85. The van der Waals surface area contributed by atoms with Crippen molar-refractivity contribution in [3.8, 4) is 0 Å². The summed E-state index contributed by atoms with van der Waals surface area (Å²) >= 11 is 7.14. The average molecular weight is 393 g/mol. The summed E-state index contributed by atoms with van der Waals surface area (Å²) in [5.74, 6) is 0.436. The number of hydrogen-bond donors (Lipinski definition) is 1. The second kappa shape index (κ2) is 8.39. The first-order chi connectivity index (χ1) is 12.5. The van der Waals surface area contributed by atoms with Crippen LogP contribution in [0.5, 0.6) is 0 Å². The summed E-state index contributed by atoms with van der Waals surface area (Å²) in [6.07, 6.45) is 2.00. The Morgan fingerprint density at radius 3 is 2.77 bits per heavy atom. The van der Waals surface area contributed by atoms with E-state index in [0.29, 0.717) is 30.9 Å². The van der Waals surface area contributed by atoms with Gasteiger partial charge in [0.2, 0.25) is 5.91 Å². The Labute approximate surface area is 163 Å². The van der Waals surface area contributed by atoms with Crippen molar-refractivity contribution >= 4 is 41.0 Å². The molecule has 3 atom stereocenters. The van der Waals surface area contributed by atoms with Gasteiger partial charge in [0.1, 0.15) is 0 Å². The second-order valence-corrected chi connectivity index (χ2v) is 8.40. The Hall–Kier alpha value is -1.60. The number of esters is 1. The van der Waals surface area contributed by atoms with E-state index in [1.54, 1.807) is 16.7 Å². The van der Waals surface area contributed by atoms with Crippen LogP contribution in [-0.2, 0) is 14.3 Å². The number of rotatable bonds is 5. The van der Waals surface area contributed by atoms with E-state index in [2.05, 4.69) is 36.5 Å². The molecular formula is C19H24N2O3S2. The Morgan fingerprint density at radius 2 is 2.08 bits per heavy atom. The summed E-state index contributed by atoms with van der Waals surface area (Å²) in [5.41, 5.74) is 1.24. The third kappa shape index (κ3) is 4.20. The van der Waals surface area contributed by atoms with E-state index in [-0.39, 0.29) is 29.8 Å². The predicted molar refractivity (Wildman–Crippen MR) is 106 cm³/mol. The van der Waals surface area contributed by atoms with Crippen LogP contribution in [0.25, 0.3) is 0 Å². The van der Waals surface area contributed by atoms with Gasteiger partial charge in [-0.15, -0.1) is 11.8 Å². The molecule has 7 heteroatoms. The fourth-order valence-electron chi connectivity index (χ4n) is 3.64. The zero-order chi connectivity index (χ0) is 18.7. The van der Waals surface area contributed by atoms with Gasteiger partial charge in [-0.1, -0.05) is 17.7 Å². The van der Waals surface area contributed by atoms with Crippen LogP contribution in [0.4, 0.5) is 0 Å². The number of fused-ring (bicyclic) bond motifs is 1. The van der Waals surface area contributed by atoms with E-state index in [1.807, 2.05) is 0 Å². The van der Waals surface area contributed by atoms with Crippen molar-refractivity contribution in [3.05, 3.63) is 29.8 Å². The Kier molecular flexibility index (Phi) is 6.19. The molecule has 26 heavy (non-hydrogen) atoms. The van der Waals surface area contributed by atoms with Gasteiger partial charge in [0.15, 0.2) is 5.11 Å². The number of hydrogen-bond acceptors (Lipinski definition) is 5.